The fraction of sp³-hybridized carbons (Fsp3) is 0.650. The number of nitrogens with zero attached hydrogens (tertiary/aromatic N) is 1. The van der Waals surface area contributed by atoms with Gasteiger partial charge in [-0.15, -0.1) is 0 Å². The van der Waals surface area contributed by atoms with Crippen molar-refractivity contribution in [3.63, 3.8) is 0 Å². The molecule has 2 fully saturated rings. The first kappa shape index (κ1) is 18.6. The van der Waals surface area contributed by atoms with Gasteiger partial charge in [0.05, 0.1) is 18.6 Å². The van der Waals surface area contributed by atoms with E-state index in [1.807, 2.05) is 49.0 Å². The molecule has 0 bridgehead atoms. The van der Waals surface area contributed by atoms with E-state index >= 15 is 0 Å². The molecule has 0 aliphatic carbocycles. The lowest BCUT2D eigenvalue weighted by Gasteiger charge is -2.42. The Morgan fingerprint density at radius 1 is 1.28 bits per heavy atom. The molecule has 2 heterocycles. The Labute approximate surface area is 155 Å². The van der Waals surface area contributed by atoms with E-state index in [4.69, 9.17) is 9.47 Å². The second-order valence-electron chi connectivity index (χ2n) is 6.97. The van der Waals surface area contributed by atoms with Crippen LogP contribution in [0.25, 0.3) is 0 Å². The molecule has 1 unspecified atom stereocenters. The van der Waals surface area contributed by atoms with Crippen LogP contribution in [0.2, 0.25) is 0 Å². The molecule has 2 aliphatic heterocycles. The van der Waals surface area contributed by atoms with E-state index < -0.39 is 0 Å². The van der Waals surface area contributed by atoms with Gasteiger partial charge in [-0.05, 0) is 63.6 Å². The molecule has 0 N–H and O–H groups in total. The van der Waals surface area contributed by atoms with Gasteiger partial charge in [-0.1, -0.05) is 18.2 Å². The molecule has 4 nitrogen and oxygen atoms in total. The van der Waals surface area contributed by atoms with E-state index in [-0.39, 0.29) is 11.4 Å². The second kappa shape index (κ2) is 8.95. The third kappa shape index (κ3) is 4.70. The largest absolute Gasteiger partial charge is 0.494 e. The molecule has 0 radical (unpaired) electrons. The van der Waals surface area contributed by atoms with Crippen LogP contribution in [0.4, 0.5) is 0 Å². The maximum absolute atomic E-state index is 12.7. The van der Waals surface area contributed by atoms with Gasteiger partial charge in [-0.2, -0.15) is 11.8 Å². The zero-order chi connectivity index (χ0) is 17.5. The van der Waals surface area contributed by atoms with Crippen LogP contribution in [0, 0.1) is 5.41 Å². The number of benzene rings is 1. The van der Waals surface area contributed by atoms with Gasteiger partial charge in [0, 0.05) is 11.8 Å². The number of hydrogen-bond donors (Lipinski definition) is 0. The fourth-order valence-electron chi connectivity index (χ4n) is 3.85. The summed E-state index contributed by atoms with van der Waals surface area (Å²) in [4.78, 5) is 15.3. The fourth-order valence-corrected chi connectivity index (χ4v) is 5.10. The normalized spacial score (nSPS) is 23.3. The Hall–Kier alpha value is -1.20. The Morgan fingerprint density at radius 3 is 2.68 bits per heavy atom. The number of carbonyl (C=O) groups is 1. The van der Waals surface area contributed by atoms with E-state index in [9.17, 15) is 4.79 Å². The molecule has 2 aliphatic rings. The van der Waals surface area contributed by atoms with Gasteiger partial charge in [0.25, 0.3) is 0 Å². The Morgan fingerprint density at radius 2 is 2.04 bits per heavy atom. The Bertz CT molecular complexity index is 537. The highest BCUT2D eigenvalue weighted by molar-refractivity contribution is 7.99. The lowest BCUT2D eigenvalue weighted by molar-refractivity contribution is -0.160. The monoisotopic (exact) mass is 363 g/mol. The van der Waals surface area contributed by atoms with Crippen LogP contribution in [0.15, 0.2) is 30.3 Å². The van der Waals surface area contributed by atoms with E-state index in [1.165, 1.54) is 17.9 Å². The number of ether oxygens (including phenoxy) is 2. The molecule has 138 valence electrons. The van der Waals surface area contributed by atoms with Crippen molar-refractivity contribution < 1.29 is 14.3 Å². The standard InChI is InChI=1S/C20H29NO3S/c1-2-23-19(22)20(11-14-24-18-6-4-3-5-7-18)9-12-21(13-10-20)17-8-15-25-16-17/h3-7,17H,2,8-16H2,1H3. The van der Waals surface area contributed by atoms with Gasteiger partial charge in [0.15, 0.2) is 0 Å². The number of para-hydroxylation sites is 1. The Balaban J connectivity index is 1.58. The highest BCUT2D eigenvalue weighted by Gasteiger charge is 2.43. The number of likely N-dealkylation sites (tertiary alicyclic amines) is 1. The zero-order valence-corrected chi connectivity index (χ0v) is 15.9. The lowest BCUT2D eigenvalue weighted by Crippen LogP contribution is -2.49. The van der Waals surface area contributed by atoms with Crippen molar-refractivity contribution in [2.75, 3.05) is 37.8 Å². The van der Waals surface area contributed by atoms with Crippen LogP contribution in [-0.4, -0.2) is 54.7 Å². The predicted octanol–water partition coefficient (Wildman–Crippen LogP) is 3.61. The second-order valence-corrected chi connectivity index (χ2v) is 8.12. The summed E-state index contributed by atoms with van der Waals surface area (Å²) in [5, 5.41) is 0. The minimum absolute atomic E-state index is 0.0351. The summed E-state index contributed by atoms with van der Waals surface area (Å²) in [5.41, 5.74) is -0.382. The third-order valence-electron chi connectivity index (χ3n) is 5.48. The molecule has 1 aromatic rings. The van der Waals surface area contributed by atoms with Gasteiger partial charge in [0.1, 0.15) is 5.75 Å². The summed E-state index contributed by atoms with van der Waals surface area (Å²) in [5.74, 6) is 3.34. The smallest absolute Gasteiger partial charge is 0.312 e. The maximum atomic E-state index is 12.7. The number of rotatable bonds is 7. The van der Waals surface area contributed by atoms with E-state index in [0.29, 0.717) is 19.3 Å². The molecule has 0 saturated carbocycles. The van der Waals surface area contributed by atoms with Crippen molar-refractivity contribution in [2.45, 2.75) is 38.6 Å². The first-order valence-corrected chi connectivity index (χ1v) is 10.6. The number of carbonyl (C=O) groups excluding carboxylic acids is 1. The summed E-state index contributed by atoms with van der Waals surface area (Å²) in [6, 6.07) is 10.5. The van der Waals surface area contributed by atoms with Crippen molar-refractivity contribution in [3.8, 4) is 5.75 Å². The topological polar surface area (TPSA) is 38.8 Å². The van der Waals surface area contributed by atoms with Gasteiger partial charge < -0.3 is 9.47 Å². The summed E-state index contributed by atoms with van der Waals surface area (Å²) in [6.07, 6.45) is 3.78. The predicted molar refractivity (Wildman–Crippen MR) is 102 cm³/mol. The molecular weight excluding hydrogens is 334 g/mol. The van der Waals surface area contributed by atoms with E-state index in [2.05, 4.69) is 4.90 Å². The van der Waals surface area contributed by atoms with E-state index in [1.54, 1.807) is 0 Å². The SMILES string of the molecule is CCOC(=O)C1(CCOc2ccccc2)CCN(C2CCSC2)CC1. The molecule has 0 amide bonds. The minimum Gasteiger partial charge on any atom is -0.494 e. The molecule has 2 saturated heterocycles. The van der Waals surface area contributed by atoms with E-state index in [0.717, 1.165) is 38.1 Å². The first-order chi connectivity index (χ1) is 12.2. The quantitative estimate of drug-likeness (QED) is 0.692. The van der Waals surface area contributed by atoms with Crippen LogP contribution >= 0.6 is 11.8 Å². The van der Waals surface area contributed by atoms with Crippen LogP contribution in [-0.2, 0) is 9.53 Å². The van der Waals surface area contributed by atoms with Crippen LogP contribution in [0.3, 0.4) is 0 Å². The summed E-state index contributed by atoms with van der Waals surface area (Å²) in [6.45, 7) is 4.88. The average Bonchev–Trinajstić information content (AvgIpc) is 3.18. The lowest BCUT2D eigenvalue weighted by atomic mass is 9.75. The average molecular weight is 364 g/mol. The van der Waals surface area contributed by atoms with Crippen molar-refractivity contribution in [1.29, 1.82) is 0 Å². The first-order valence-electron chi connectivity index (χ1n) is 9.40. The highest BCUT2D eigenvalue weighted by atomic mass is 32.2. The van der Waals surface area contributed by atoms with Gasteiger partial charge >= 0.3 is 5.97 Å². The van der Waals surface area contributed by atoms with Crippen molar-refractivity contribution in [2.24, 2.45) is 5.41 Å². The number of esters is 1. The number of hydrogen-bond acceptors (Lipinski definition) is 5. The van der Waals surface area contributed by atoms with Crippen molar-refractivity contribution in [3.05, 3.63) is 30.3 Å². The Kier molecular flexibility index (Phi) is 6.65. The van der Waals surface area contributed by atoms with Gasteiger partial charge in [-0.25, -0.2) is 0 Å². The molecule has 0 spiro atoms. The number of piperidine rings is 1. The minimum atomic E-state index is -0.382. The zero-order valence-electron chi connectivity index (χ0n) is 15.1. The summed E-state index contributed by atoms with van der Waals surface area (Å²) >= 11 is 2.05. The molecule has 3 rings (SSSR count). The van der Waals surface area contributed by atoms with Crippen molar-refractivity contribution >= 4 is 17.7 Å². The third-order valence-corrected chi connectivity index (χ3v) is 6.62. The molecule has 5 heteroatoms. The molecular formula is C20H29NO3S. The molecule has 1 aromatic carbocycles. The molecule has 0 aromatic heterocycles. The molecule has 1 atom stereocenters. The number of thioether (sulfide) groups is 1. The van der Waals surface area contributed by atoms with Crippen LogP contribution in [0.1, 0.15) is 32.6 Å². The van der Waals surface area contributed by atoms with Crippen LogP contribution < -0.4 is 4.74 Å². The van der Waals surface area contributed by atoms with Crippen LogP contribution in [0.5, 0.6) is 5.75 Å². The maximum Gasteiger partial charge on any atom is 0.312 e. The summed E-state index contributed by atoms with van der Waals surface area (Å²) < 4.78 is 11.3. The van der Waals surface area contributed by atoms with Gasteiger partial charge in [-0.3, -0.25) is 9.69 Å². The molecule has 25 heavy (non-hydrogen) atoms. The summed E-state index contributed by atoms with van der Waals surface area (Å²) in [7, 11) is 0. The van der Waals surface area contributed by atoms with Crippen molar-refractivity contribution in [1.82, 2.24) is 4.90 Å². The highest BCUT2D eigenvalue weighted by Crippen LogP contribution is 2.38. The van der Waals surface area contributed by atoms with Gasteiger partial charge in [0.2, 0.25) is 0 Å².